The summed E-state index contributed by atoms with van der Waals surface area (Å²) in [7, 11) is 0. The normalized spacial score (nSPS) is 15.1. The van der Waals surface area contributed by atoms with Crippen LogP contribution in [-0.4, -0.2) is 51.8 Å². The molecule has 4 heterocycles. The lowest BCUT2D eigenvalue weighted by Gasteiger charge is -2.10. The summed E-state index contributed by atoms with van der Waals surface area (Å²) in [6.07, 6.45) is 5.29. The van der Waals surface area contributed by atoms with Crippen molar-refractivity contribution in [2.24, 2.45) is 4.99 Å². The standard InChI is InChI=1S/C23H23N9O2/c1-13-10-14-4-2-3-5-18(14)31(13)9-8-24-21-28-19-15(11-17-20(33)29-23(34)27-17)12-25-32(19)22(30-21)26-16-6-7-16/h2-5,10-12,16,33H,6-9H2,1H3,(H,24,26,30)(H2,27,29,34). The zero-order valence-corrected chi connectivity index (χ0v) is 18.5. The second-order valence-corrected chi connectivity index (χ2v) is 8.45. The van der Waals surface area contributed by atoms with Crippen LogP contribution < -0.4 is 21.8 Å². The largest absolute Gasteiger partial charge is 0.493 e. The zero-order valence-electron chi connectivity index (χ0n) is 18.5. The van der Waals surface area contributed by atoms with Crippen molar-refractivity contribution in [1.29, 1.82) is 0 Å². The highest BCUT2D eigenvalue weighted by molar-refractivity contribution is 5.81. The van der Waals surface area contributed by atoms with Crippen molar-refractivity contribution < 1.29 is 5.11 Å². The molecule has 0 bridgehead atoms. The number of imidazole rings is 1. The molecule has 11 heteroatoms. The number of nitrogens with zero attached hydrogens (tertiary/aromatic N) is 6. The van der Waals surface area contributed by atoms with Crippen molar-refractivity contribution in [3.8, 4) is 5.88 Å². The number of para-hydroxylation sites is 1. The van der Waals surface area contributed by atoms with E-state index >= 15 is 0 Å². The zero-order chi connectivity index (χ0) is 23.2. The van der Waals surface area contributed by atoms with Crippen molar-refractivity contribution in [3.05, 3.63) is 69.2 Å². The SMILES string of the molecule is Cc1cc2ccccc2n1CCNc1nc(=NC2CC2)n2ncc(=Cc3[nH]c(=O)[nH]c3O)c2n1. The number of aromatic hydroxyl groups is 1. The van der Waals surface area contributed by atoms with Crippen molar-refractivity contribution in [2.75, 3.05) is 11.9 Å². The maximum absolute atomic E-state index is 11.5. The lowest BCUT2D eigenvalue weighted by molar-refractivity contribution is 0.454. The number of hydrogen-bond donors (Lipinski definition) is 4. The minimum Gasteiger partial charge on any atom is -0.493 e. The predicted molar refractivity (Wildman–Crippen MR) is 126 cm³/mol. The molecule has 4 aromatic heterocycles. The smallest absolute Gasteiger partial charge is 0.326 e. The molecule has 1 aromatic carbocycles. The number of aromatic nitrogens is 7. The summed E-state index contributed by atoms with van der Waals surface area (Å²) in [5, 5.41) is 19.5. The van der Waals surface area contributed by atoms with Gasteiger partial charge in [-0.1, -0.05) is 18.2 Å². The number of fused-ring (bicyclic) bond motifs is 2. The highest BCUT2D eigenvalue weighted by Crippen LogP contribution is 2.22. The number of rotatable bonds is 6. The van der Waals surface area contributed by atoms with Gasteiger partial charge in [-0.15, -0.1) is 0 Å². The van der Waals surface area contributed by atoms with Crippen LogP contribution in [0.25, 0.3) is 22.6 Å². The molecule has 6 rings (SSSR count). The molecule has 0 saturated heterocycles. The highest BCUT2D eigenvalue weighted by atomic mass is 16.3. The molecule has 0 radical (unpaired) electrons. The van der Waals surface area contributed by atoms with E-state index in [1.165, 1.54) is 16.6 Å². The van der Waals surface area contributed by atoms with Gasteiger partial charge in [0.25, 0.3) is 5.62 Å². The number of benzene rings is 1. The van der Waals surface area contributed by atoms with Gasteiger partial charge in [-0.25, -0.2) is 9.79 Å². The van der Waals surface area contributed by atoms with Crippen LogP contribution in [0, 0.1) is 6.92 Å². The molecule has 0 aliphatic heterocycles. The van der Waals surface area contributed by atoms with Crippen molar-refractivity contribution in [1.82, 2.24) is 34.1 Å². The topological polar surface area (TPSA) is 141 Å². The molecule has 5 aromatic rings. The minimum absolute atomic E-state index is 0.242. The number of aromatic amines is 2. The molecule has 0 atom stereocenters. The van der Waals surface area contributed by atoms with Crippen LogP contribution >= 0.6 is 0 Å². The van der Waals surface area contributed by atoms with Gasteiger partial charge >= 0.3 is 5.69 Å². The maximum Gasteiger partial charge on any atom is 0.326 e. The molecule has 1 aliphatic rings. The Morgan fingerprint density at radius 1 is 1.26 bits per heavy atom. The van der Waals surface area contributed by atoms with Crippen LogP contribution in [0.1, 0.15) is 24.2 Å². The maximum atomic E-state index is 11.5. The Morgan fingerprint density at radius 3 is 2.91 bits per heavy atom. The third kappa shape index (κ3) is 3.70. The second kappa shape index (κ2) is 7.87. The summed E-state index contributed by atoms with van der Waals surface area (Å²) < 4.78 is 3.85. The van der Waals surface area contributed by atoms with Gasteiger partial charge in [-0.2, -0.15) is 19.6 Å². The van der Waals surface area contributed by atoms with Gasteiger partial charge in [0.2, 0.25) is 11.8 Å². The molecule has 1 aliphatic carbocycles. The molecule has 34 heavy (non-hydrogen) atoms. The molecule has 1 saturated carbocycles. The number of H-pyrrole nitrogens is 2. The van der Waals surface area contributed by atoms with Gasteiger partial charge in [-0.05, 0) is 43.4 Å². The average molecular weight is 457 g/mol. The summed E-state index contributed by atoms with van der Waals surface area (Å²) in [6, 6.07) is 10.7. The van der Waals surface area contributed by atoms with Gasteiger partial charge in [0.05, 0.1) is 12.2 Å². The van der Waals surface area contributed by atoms with Crippen LogP contribution in [0.4, 0.5) is 5.95 Å². The first-order valence-electron chi connectivity index (χ1n) is 11.2. The third-order valence-electron chi connectivity index (χ3n) is 5.89. The molecule has 172 valence electrons. The van der Waals surface area contributed by atoms with E-state index in [1.807, 2.05) is 12.1 Å². The van der Waals surface area contributed by atoms with Crippen LogP contribution in [0.3, 0.4) is 0 Å². The van der Waals surface area contributed by atoms with E-state index in [4.69, 9.17) is 4.99 Å². The molecule has 4 N–H and O–H groups in total. The predicted octanol–water partition coefficient (Wildman–Crippen LogP) is 0.832. The molecular formula is C23H23N9O2. The Balaban J connectivity index is 1.36. The summed E-state index contributed by atoms with van der Waals surface area (Å²) in [5.74, 6) is 0.205. The van der Waals surface area contributed by atoms with Gasteiger partial charge in [0.15, 0.2) is 5.65 Å². The van der Waals surface area contributed by atoms with Crippen molar-refractivity contribution in [2.45, 2.75) is 32.4 Å². The van der Waals surface area contributed by atoms with E-state index in [-0.39, 0.29) is 17.6 Å². The molecule has 0 unspecified atom stereocenters. The Labute approximate surface area is 192 Å². The first-order chi connectivity index (χ1) is 16.5. The van der Waals surface area contributed by atoms with Gasteiger partial charge < -0.3 is 20.0 Å². The van der Waals surface area contributed by atoms with E-state index in [0.717, 1.165) is 19.4 Å². The third-order valence-corrected chi connectivity index (χ3v) is 5.89. The molecular weight excluding hydrogens is 434 g/mol. The molecule has 1 fully saturated rings. The summed E-state index contributed by atoms with van der Waals surface area (Å²) in [5.41, 5.74) is 3.15. The van der Waals surface area contributed by atoms with Crippen molar-refractivity contribution >= 4 is 28.6 Å². The van der Waals surface area contributed by atoms with E-state index in [9.17, 15) is 9.90 Å². The first-order valence-corrected chi connectivity index (χ1v) is 11.2. The fourth-order valence-corrected chi connectivity index (χ4v) is 4.08. The Bertz CT molecular complexity index is 1700. The fraction of sp³-hybridized carbons (Fsp3) is 0.261. The summed E-state index contributed by atoms with van der Waals surface area (Å²) >= 11 is 0. The monoisotopic (exact) mass is 457 g/mol. The quantitative estimate of drug-likeness (QED) is 0.298. The lowest BCUT2D eigenvalue weighted by atomic mass is 10.2. The number of anilines is 1. The van der Waals surface area contributed by atoms with Crippen molar-refractivity contribution in [3.63, 3.8) is 0 Å². The fourth-order valence-electron chi connectivity index (χ4n) is 4.08. The van der Waals surface area contributed by atoms with Gasteiger partial charge in [-0.3, -0.25) is 4.98 Å². The Morgan fingerprint density at radius 2 is 2.12 bits per heavy atom. The minimum atomic E-state index is -0.491. The second-order valence-electron chi connectivity index (χ2n) is 8.45. The summed E-state index contributed by atoms with van der Waals surface area (Å²) in [6.45, 7) is 3.47. The van der Waals surface area contributed by atoms with E-state index in [2.05, 4.69) is 60.0 Å². The molecule has 0 spiro atoms. The number of nitrogens with one attached hydrogen (secondary N) is 3. The highest BCUT2D eigenvalue weighted by Gasteiger charge is 2.21. The number of aryl methyl sites for hydroxylation is 1. The van der Waals surface area contributed by atoms with E-state index in [1.54, 1.807) is 16.8 Å². The molecule has 11 nitrogen and oxygen atoms in total. The van der Waals surface area contributed by atoms with Crippen LogP contribution in [0.5, 0.6) is 5.88 Å². The van der Waals surface area contributed by atoms with Crippen LogP contribution in [-0.2, 0) is 6.54 Å². The average Bonchev–Trinajstić information content (AvgIpc) is 3.32. The lowest BCUT2D eigenvalue weighted by Crippen LogP contribution is -2.25. The molecule has 0 amide bonds. The van der Waals surface area contributed by atoms with E-state index in [0.29, 0.717) is 29.0 Å². The van der Waals surface area contributed by atoms with Gasteiger partial charge in [0.1, 0.15) is 5.69 Å². The Kier molecular flexibility index (Phi) is 4.68. The number of hydrogen-bond acceptors (Lipinski definition) is 7. The van der Waals surface area contributed by atoms with Crippen LogP contribution in [0.2, 0.25) is 0 Å². The van der Waals surface area contributed by atoms with Crippen LogP contribution in [0.15, 0.2) is 46.3 Å². The van der Waals surface area contributed by atoms with Gasteiger partial charge in [0, 0.05) is 29.5 Å². The first kappa shape index (κ1) is 20.2. The van der Waals surface area contributed by atoms with E-state index < -0.39 is 5.69 Å². The summed E-state index contributed by atoms with van der Waals surface area (Å²) in [4.78, 5) is 30.3. The Hall–Kier alpha value is -4.41.